The van der Waals surface area contributed by atoms with Crippen LogP contribution in [-0.4, -0.2) is 162 Å². The standard InChI is InChI=1S/C61H87N9O16/c1-35(2)55(69-50(72)11-9-8-10-28-70-53(75)26-27-54(70)76)58(79)68-47(32-63-59(62)80)57(78)65-43-17-15-41(16-18-43)33-82-60(81)66-44-21-19-42(20-22-44)64-52(74)30-45-31-61(34-83-61)56(77)49(86-45)24-13-36(3)12-23-48-37(4)29-46(39(6)85-48)67-51(73)25-14-38(5)84-40(7)71/h12-18,24-27,35,37-39,42,44-49,55-56,77H,8-11,19-23,28-34H2,1-7H3,(H,64,74)(H,65,78)(H,66,81)(H,67,73)(H,68,79)(H,69,72)(H3,62,63,80)/b24-13+,25-14-,36-12+/t37-,38-,39+,42-,44-,45+,46+,47-,48-,49+,55-,56+,61+/m0/s1. The smallest absolute Gasteiger partial charge is 0.407 e. The Hall–Kier alpha value is -7.48. The molecule has 25 nitrogen and oxygen atoms in total. The van der Waals surface area contributed by atoms with Crippen LogP contribution >= 0.6 is 0 Å². The minimum Gasteiger partial charge on any atom is -0.459 e. The zero-order valence-corrected chi connectivity index (χ0v) is 50.3. The molecule has 11 atom stereocenters. The first-order valence-corrected chi connectivity index (χ1v) is 29.8. The van der Waals surface area contributed by atoms with E-state index in [2.05, 4.69) is 50.2 Å². The zero-order valence-electron chi connectivity index (χ0n) is 50.3. The van der Waals surface area contributed by atoms with Crippen LogP contribution in [0.2, 0.25) is 0 Å². The highest BCUT2D eigenvalue weighted by Gasteiger charge is 2.58. The number of unbranched alkanes of at least 4 members (excludes halogenated alkanes) is 2. The van der Waals surface area contributed by atoms with E-state index in [4.69, 9.17) is 29.4 Å². The number of hydrogen-bond acceptors (Lipinski definition) is 16. The van der Waals surface area contributed by atoms with Crippen LogP contribution in [0.1, 0.15) is 131 Å². The topological polar surface area (TPSA) is 354 Å². The second-order valence-electron chi connectivity index (χ2n) is 23.4. The van der Waals surface area contributed by atoms with E-state index >= 15 is 0 Å². The Morgan fingerprint density at radius 2 is 1.52 bits per heavy atom. The fourth-order valence-electron chi connectivity index (χ4n) is 10.9. The Morgan fingerprint density at radius 1 is 0.849 bits per heavy atom. The third kappa shape index (κ3) is 21.5. The molecular weight excluding hydrogens is 1110 g/mol. The Morgan fingerprint density at radius 3 is 2.16 bits per heavy atom. The molecule has 0 bridgehead atoms. The van der Waals surface area contributed by atoms with Gasteiger partial charge >= 0.3 is 18.1 Å². The number of imide groups is 1. The van der Waals surface area contributed by atoms with E-state index < -0.39 is 77.9 Å². The molecule has 10 N–H and O–H groups in total. The molecule has 0 aromatic heterocycles. The molecule has 86 heavy (non-hydrogen) atoms. The first kappa shape index (κ1) is 67.6. The number of carbonyl (C=O) groups is 10. The number of esters is 1. The Balaban J connectivity index is 0.871. The van der Waals surface area contributed by atoms with Gasteiger partial charge in [0.2, 0.25) is 29.5 Å². The highest BCUT2D eigenvalue weighted by atomic mass is 16.6. The van der Waals surface area contributed by atoms with E-state index in [9.17, 15) is 53.1 Å². The second-order valence-corrected chi connectivity index (χ2v) is 23.4. The molecule has 472 valence electrons. The molecule has 1 aromatic rings. The van der Waals surface area contributed by atoms with Crippen molar-refractivity contribution in [2.45, 2.75) is 205 Å². The van der Waals surface area contributed by atoms with Crippen molar-refractivity contribution in [3.8, 4) is 0 Å². The number of carbonyl (C=O) groups excluding carboxylic acids is 10. The van der Waals surface area contributed by atoms with Crippen molar-refractivity contribution in [1.82, 2.24) is 36.8 Å². The molecule has 6 rings (SSSR count). The zero-order chi connectivity index (χ0) is 62.7. The van der Waals surface area contributed by atoms with Gasteiger partial charge in [-0.3, -0.25) is 43.3 Å². The summed E-state index contributed by atoms with van der Waals surface area (Å²) in [6.45, 7) is 12.6. The third-order valence-corrected chi connectivity index (χ3v) is 15.9. The summed E-state index contributed by atoms with van der Waals surface area (Å²) in [4.78, 5) is 126. The fourth-order valence-corrected chi connectivity index (χ4v) is 10.9. The number of epoxide rings is 1. The van der Waals surface area contributed by atoms with Gasteiger partial charge in [-0.25, -0.2) is 9.59 Å². The average Bonchev–Trinajstić information content (AvgIpc) is 1.63. The van der Waals surface area contributed by atoms with Crippen LogP contribution in [0, 0.1) is 11.8 Å². The maximum absolute atomic E-state index is 13.5. The molecule has 3 saturated heterocycles. The quantitative estimate of drug-likeness (QED) is 0.0145. The predicted molar refractivity (Wildman–Crippen MR) is 314 cm³/mol. The molecule has 0 unspecified atom stereocenters. The number of aliphatic hydroxyl groups is 1. The number of aliphatic hydroxyl groups excluding tert-OH is 1. The molecule has 10 amide bonds. The minimum atomic E-state index is -1.29. The van der Waals surface area contributed by atoms with Gasteiger partial charge in [0, 0.05) is 68.9 Å². The van der Waals surface area contributed by atoms with Crippen molar-refractivity contribution in [1.29, 1.82) is 0 Å². The number of hydrogen-bond donors (Lipinski definition) is 9. The number of anilines is 1. The van der Waals surface area contributed by atoms with E-state index in [0.29, 0.717) is 75.6 Å². The first-order valence-electron chi connectivity index (χ1n) is 29.8. The monoisotopic (exact) mass is 1200 g/mol. The molecule has 4 heterocycles. The van der Waals surface area contributed by atoms with Gasteiger partial charge in [-0.1, -0.05) is 63.1 Å². The Bertz CT molecular complexity index is 2680. The molecule has 1 aliphatic carbocycles. The molecule has 5 aliphatic rings. The van der Waals surface area contributed by atoms with Crippen molar-refractivity contribution in [2.75, 3.05) is 25.0 Å². The van der Waals surface area contributed by atoms with Gasteiger partial charge < -0.3 is 71.7 Å². The average molecular weight is 1200 g/mol. The lowest BCUT2D eigenvalue weighted by molar-refractivity contribution is -0.146. The number of amides is 10. The molecule has 1 spiro atoms. The maximum Gasteiger partial charge on any atom is 0.407 e. The number of nitrogens with two attached hydrogens (primary N) is 1. The lowest BCUT2D eigenvalue weighted by Gasteiger charge is -2.39. The third-order valence-electron chi connectivity index (χ3n) is 15.9. The van der Waals surface area contributed by atoms with E-state index in [0.717, 1.165) is 16.9 Å². The van der Waals surface area contributed by atoms with Crippen LogP contribution in [0.25, 0.3) is 0 Å². The van der Waals surface area contributed by atoms with Crippen LogP contribution in [0.3, 0.4) is 0 Å². The number of rotatable bonds is 28. The first-order chi connectivity index (χ1) is 40.9. The summed E-state index contributed by atoms with van der Waals surface area (Å²) >= 11 is 0. The SMILES string of the molecule is CC(=O)O[C@@H](C)/C=C\C(=O)N[C@@H]1C[C@H](C)[C@H](C/C=C(C)/C=C/[C@H]2O[C@H](CC(=O)N[C@H]3CC[C@H](NC(=O)OCc4ccc(NC(=O)[C@H](CNC(N)=O)NC(=O)[C@@H](NC(=O)CCCCCN5C(=O)C=CC5=O)C(C)C)cc4)CC3)C[C@@]3(CO3)[C@@H]2O)O[C@@H]1C. The Labute approximate surface area is 502 Å². The highest BCUT2D eigenvalue weighted by Crippen LogP contribution is 2.43. The predicted octanol–water partition coefficient (Wildman–Crippen LogP) is 3.43. The molecular formula is C61H87N9O16. The van der Waals surface area contributed by atoms with Crippen molar-refractivity contribution in [3.63, 3.8) is 0 Å². The number of nitrogens with one attached hydrogen (secondary N) is 7. The molecule has 0 radical (unpaired) electrons. The number of alkyl carbamates (subject to hydrolysis) is 1. The van der Waals surface area contributed by atoms with Gasteiger partial charge in [0.05, 0.1) is 37.4 Å². The van der Waals surface area contributed by atoms with Crippen molar-refractivity contribution < 1.29 is 76.7 Å². The lowest BCUT2D eigenvalue weighted by atomic mass is 9.87. The second kappa shape index (κ2) is 32.3. The summed E-state index contributed by atoms with van der Waals surface area (Å²) in [7, 11) is 0. The summed E-state index contributed by atoms with van der Waals surface area (Å²) in [5.41, 5.74) is 6.41. The van der Waals surface area contributed by atoms with Gasteiger partial charge in [0.15, 0.2) is 0 Å². The summed E-state index contributed by atoms with van der Waals surface area (Å²) < 4.78 is 28.9. The number of ether oxygens (including phenoxy) is 5. The van der Waals surface area contributed by atoms with Gasteiger partial charge in [0.1, 0.15) is 42.6 Å². The van der Waals surface area contributed by atoms with Crippen LogP contribution in [-0.2, 0) is 68.6 Å². The fraction of sp³-hybridized carbons (Fsp3) is 0.607. The van der Waals surface area contributed by atoms with Gasteiger partial charge in [-0.15, -0.1) is 0 Å². The summed E-state index contributed by atoms with van der Waals surface area (Å²) in [5.74, 6) is -3.60. The Kier molecular flexibility index (Phi) is 25.4. The highest BCUT2D eigenvalue weighted by molar-refractivity contribution is 6.12. The van der Waals surface area contributed by atoms with Crippen molar-refractivity contribution in [2.24, 2.45) is 17.6 Å². The summed E-state index contributed by atoms with van der Waals surface area (Å²) in [6, 6.07) is 2.75. The van der Waals surface area contributed by atoms with E-state index in [1.54, 1.807) is 45.0 Å². The summed E-state index contributed by atoms with van der Waals surface area (Å²) in [6.07, 6.45) is 13.5. The lowest BCUT2D eigenvalue weighted by Crippen LogP contribution is -2.57. The van der Waals surface area contributed by atoms with Gasteiger partial charge in [-0.2, -0.15) is 0 Å². The van der Waals surface area contributed by atoms with Crippen LogP contribution in [0.4, 0.5) is 15.3 Å². The number of nitrogens with zero attached hydrogens (tertiary/aromatic N) is 1. The van der Waals surface area contributed by atoms with E-state index in [1.165, 1.54) is 31.2 Å². The molecule has 4 fully saturated rings. The van der Waals surface area contributed by atoms with Gasteiger partial charge in [0.25, 0.3) is 11.8 Å². The van der Waals surface area contributed by atoms with Crippen LogP contribution < -0.4 is 43.0 Å². The molecule has 1 aromatic carbocycles. The number of benzene rings is 1. The van der Waals surface area contributed by atoms with Crippen LogP contribution in [0.5, 0.6) is 0 Å². The van der Waals surface area contributed by atoms with Crippen molar-refractivity contribution in [3.05, 3.63) is 77.9 Å². The number of allylic oxidation sites excluding steroid dienone is 2. The molecule has 25 heteroatoms. The van der Waals surface area contributed by atoms with E-state index in [1.807, 2.05) is 26.0 Å². The minimum absolute atomic E-state index is 0.0725. The molecule has 4 aliphatic heterocycles. The van der Waals surface area contributed by atoms with Crippen molar-refractivity contribution >= 4 is 65.1 Å². The number of urea groups is 1. The van der Waals surface area contributed by atoms with Crippen LogP contribution in [0.15, 0.2) is 72.4 Å². The summed E-state index contributed by atoms with van der Waals surface area (Å²) in [5, 5.41) is 30.6. The molecule has 1 saturated carbocycles. The van der Waals surface area contributed by atoms with Gasteiger partial charge in [-0.05, 0) is 108 Å². The largest absolute Gasteiger partial charge is 0.459 e. The normalized spacial score (nSPS) is 26.6. The number of primary amides is 1. The van der Waals surface area contributed by atoms with E-state index in [-0.39, 0.29) is 98.3 Å². The maximum atomic E-state index is 13.5.